The number of aryl methyl sites for hydroxylation is 2. The molecule has 0 fully saturated rings. The molecule has 11 rings (SSSR count). The number of anilines is 3. The Kier molecular flexibility index (Phi) is 6.72. The van der Waals surface area contributed by atoms with Crippen molar-refractivity contribution in [1.29, 1.82) is 0 Å². The highest BCUT2D eigenvalue weighted by Gasteiger charge is 2.51. The predicted molar refractivity (Wildman–Crippen MR) is 230 cm³/mol. The second-order valence-corrected chi connectivity index (χ2v) is 16.2. The first-order chi connectivity index (χ1) is 26.9. The number of benzene rings is 8. The summed E-state index contributed by atoms with van der Waals surface area (Å²) in [6.07, 6.45) is 0. The van der Waals surface area contributed by atoms with Gasteiger partial charge in [0.2, 0.25) is 0 Å². The molecule has 0 unspecified atom stereocenters. The van der Waals surface area contributed by atoms with Gasteiger partial charge < -0.3 is 4.90 Å². The lowest BCUT2D eigenvalue weighted by molar-refractivity contribution is 0.660. The molecule has 0 atom stereocenters. The van der Waals surface area contributed by atoms with Crippen LogP contribution in [0, 0.1) is 13.8 Å². The first kappa shape index (κ1) is 32.0. The van der Waals surface area contributed by atoms with Gasteiger partial charge in [0.15, 0.2) is 0 Å². The SMILES string of the molecule is Cc1ccc(C)c(-c2ccc(N(c3ccc4c(c3)C(C)(C)c3ccccc3-4)c3ccc4c(c3)C3(c5ccccc5-c5ccccc53)c3ccccc3-4)cc2)c1. The molecule has 0 amide bonds. The van der Waals surface area contributed by atoms with E-state index in [1.807, 2.05) is 0 Å². The average Bonchev–Trinajstić information content (AvgIpc) is 3.78. The largest absolute Gasteiger partial charge is 0.310 e. The summed E-state index contributed by atoms with van der Waals surface area (Å²) in [5.74, 6) is 0. The maximum atomic E-state index is 2.50. The van der Waals surface area contributed by atoms with E-state index in [4.69, 9.17) is 0 Å². The Hall–Kier alpha value is -6.44. The fourth-order valence-corrected chi connectivity index (χ4v) is 10.3. The van der Waals surface area contributed by atoms with Gasteiger partial charge in [-0.05, 0) is 134 Å². The molecule has 3 aliphatic rings. The van der Waals surface area contributed by atoms with Crippen molar-refractivity contribution in [3.63, 3.8) is 0 Å². The number of hydrogen-bond donors (Lipinski definition) is 0. The Bertz CT molecular complexity index is 2810. The van der Waals surface area contributed by atoms with Gasteiger partial charge in [-0.25, -0.2) is 0 Å². The van der Waals surface area contributed by atoms with Gasteiger partial charge in [0.1, 0.15) is 0 Å². The zero-order chi connectivity index (χ0) is 37.1. The fourth-order valence-electron chi connectivity index (χ4n) is 10.3. The smallest absolute Gasteiger partial charge is 0.0726 e. The van der Waals surface area contributed by atoms with Crippen LogP contribution < -0.4 is 4.90 Å². The van der Waals surface area contributed by atoms with E-state index in [-0.39, 0.29) is 5.41 Å². The summed E-state index contributed by atoms with van der Waals surface area (Å²) in [5, 5.41) is 0. The maximum absolute atomic E-state index is 2.50. The van der Waals surface area contributed by atoms with Crippen molar-refractivity contribution in [3.8, 4) is 44.5 Å². The molecule has 0 bridgehead atoms. The van der Waals surface area contributed by atoms with Crippen molar-refractivity contribution in [3.05, 3.63) is 220 Å². The molecule has 8 aromatic carbocycles. The van der Waals surface area contributed by atoms with E-state index in [2.05, 4.69) is 209 Å². The number of nitrogens with zero attached hydrogens (tertiary/aromatic N) is 1. The van der Waals surface area contributed by atoms with Crippen molar-refractivity contribution in [1.82, 2.24) is 0 Å². The number of hydrogen-bond acceptors (Lipinski definition) is 1. The normalized spacial score (nSPS) is 14.5. The minimum Gasteiger partial charge on any atom is -0.310 e. The van der Waals surface area contributed by atoms with Crippen LogP contribution in [0.15, 0.2) is 176 Å². The Balaban J connectivity index is 1.15. The molecule has 0 saturated carbocycles. The first-order valence-electron chi connectivity index (χ1n) is 19.5. The van der Waals surface area contributed by atoms with Crippen LogP contribution in [0.25, 0.3) is 44.5 Å². The van der Waals surface area contributed by atoms with Gasteiger partial charge in [0.25, 0.3) is 0 Å². The number of rotatable bonds is 4. The predicted octanol–water partition coefficient (Wildman–Crippen LogP) is 14.1. The van der Waals surface area contributed by atoms with Crippen LogP contribution in [0.2, 0.25) is 0 Å². The molecule has 0 aromatic heterocycles. The summed E-state index contributed by atoms with van der Waals surface area (Å²) >= 11 is 0. The fraction of sp³-hybridized carbons (Fsp3) is 0.111. The van der Waals surface area contributed by atoms with Crippen LogP contribution >= 0.6 is 0 Å². The van der Waals surface area contributed by atoms with Crippen LogP contribution in [0.5, 0.6) is 0 Å². The standard InChI is InChI=1S/C54H41N/c1-34-21-22-35(2)46(31-34)36-23-25-37(26-24-36)55(38-27-29-44-40-13-5-9-17-47(40)53(3,4)51(44)32-38)39-28-30-45-43-16-8-12-20-50(43)54(52(45)33-39)48-18-10-6-14-41(48)42-15-7-11-19-49(42)54/h5-33H,1-4H3. The van der Waals surface area contributed by atoms with E-state index in [1.165, 1.54) is 89.0 Å². The molecule has 1 spiro atoms. The van der Waals surface area contributed by atoms with Gasteiger partial charge in [0, 0.05) is 22.5 Å². The molecule has 0 heterocycles. The zero-order valence-corrected chi connectivity index (χ0v) is 31.7. The highest BCUT2D eigenvalue weighted by Crippen LogP contribution is 2.63. The lowest BCUT2D eigenvalue weighted by Gasteiger charge is -2.32. The summed E-state index contributed by atoms with van der Waals surface area (Å²) in [4.78, 5) is 2.48. The molecular weight excluding hydrogens is 663 g/mol. The van der Waals surface area contributed by atoms with Gasteiger partial charge in [-0.1, -0.05) is 159 Å². The van der Waals surface area contributed by atoms with Crippen molar-refractivity contribution in [2.45, 2.75) is 38.5 Å². The van der Waals surface area contributed by atoms with E-state index in [0.29, 0.717) is 0 Å². The van der Waals surface area contributed by atoms with E-state index >= 15 is 0 Å². The van der Waals surface area contributed by atoms with Crippen LogP contribution in [0.4, 0.5) is 17.1 Å². The molecule has 1 nitrogen and oxygen atoms in total. The average molecular weight is 704 g/mol. The second-order valence-electron chi connectivity index (χ2n) is 16.2. The Morgan fingerprint density at radius 2 is 0.782 bits per heavy atom. The molecule has 0 aliphatic heterocycles. The Labute approximate surface area is 324 Å². The molecule has 8 aromatic rings. The third-order valence-corrected chi connectivity index (χ3v) is 12.9. The minimum atomic E-state index is -0.408. The van der Waals surface area contributed by atoms with Crippen LogP contribution in [-0.2, 0) is 10.8 Å². The van der Waals surface area contributed by atoms with Gasteiger partial charge in [-0.3, -0.25) is 0 Å². The van der Waals surface area contributed by atoms with Crippen molar-refractivity contribution in [2.24, 2.45) is 0 Å². The quantitative estimate of drug-likeness (QED) is 0.176. The van der Waals surface area contributed by atoms with Gasteiger partial charge in [-0.2, -0.15) is 0 Å². The monoisotopic (exact) mass is 703 g/mol. The molecule has 3 aliphatic carbocycles. The van der Waals surface area contributed by atoms with Crippen molar-refractivity contribution < 1.29 is 0 Å². The second kappa shape index (κ2) is 11.5. The van der Waals surface area contributed by atoms with Gasteiger partial charge in [-0.15, -0.1) is 0 Å². The highest BCUT2D eigenvalue weighted by atomic mass is 15.1. The summed E-state index contributed by atoms with van der Waals surface area (Å²) in [5.41, 5.74) is 24.1. The van der Waals surface area contributed by atoms with E-state index in [1.54, 1.807) is 0 Å². The lowest BCUT2D eigenvalue weighted by Crippen LogP contribution is -2.26. The minimum absolute atomic E-state index is 0.110. The van der Waals surface area contributed by atoms with Gasteiger partial charge in [0.05, 0.1) is 5.41 Å². The molecule has 0 N–H and O–H groups in total. The van der Waals surface area contributed by atoms with E-state index in [0.717, 1.165) is 17.1 Å². The Morgan fingerprint density at radius 1 is 0.345 bits per heavy atom. The van der Waals surface area contributed by atoms with Crippen LogP contribution in [0.3, 0.4) is 0 Å². The molecule has 1 heteroatoms. The summed E-state index contributed by atoms with van der Waals surface area (Å²) < 4.78 is 0. The third-order valence-electron chi connectivity index (χ3n) is 12.9. The summed E-state index contributed by atoms with van der Waals surface area (Å²) in [7, 11) is 0. The van der Waals surface area contributed by atoms with Crippen molar-refractivity contribution >= 4 is 17.1 Å². The lowest BCUT2D eigenvalue weighted by atomic mass is 9.70. The van der Waals surface area contributed by atoms with Gasteiger partial charge >= 0.3 is 0 Å². The molecule has 0 saturated heterocycles. The van der Waals surface area contributed by atoms with Crippen LogP contribution in [0.1, 0.15) is 58.4 Å². The summed E-state index contributed by atoms with van der Waals surface area (Å²) in [6.45, 7) is 9.12. The topological polar surface area (TPSA) is 3.24 Å². The Morgan fingerprint density at radius 3 is 1.35 bits per heavy atom. The molecule has 262 valence electrons. The first-order valence-corrected chi connectivity index (χ1v) is 19.5. The van der Waals surface area contributed by atoms with E-state index < -0.39 is 5.41 Å². The third kappa shape index (κ3) is 4.36. The molecular formula is C54H41N. The molecule has 0 radical (unpaired) electrons. The van der Waals surface area contributed by atoms with E-state index in [9.17, 15) is 0 Å². The zero-order valence-electron chi connectivity index (χ0n) is 31.7. The summed E-state index contributed by atoms with van der Waals surface area (Å²) in [6, 6.07) is 66.4. The number of fused-ring (bicyclic) bond motifs is 13. The highest BCUT2D eigenvalue weighted by molar-refractivity contribution is 5.96. The molecule has 55 heavy (non-hydrogen) atoms. The van der Waals surface area contributed by atoms with Crippen LogP contribution in [-0.4, -0.2) is 0 Å². The van der Waals surface area contributed by atoms with Crippen molar-refractivity contribution in [2.75, 3.05) is 4.90 Å². The maximum Gasteiger partial charge on any atom is 0.0726 e.